The predicted molar refractivity (Wildman–Crippen MR) is 108 cm³/mol. The quantitative estimate of drug-likeness (QED) is 0.389. The molecule has 1 heterocycles. The number of rotatable bonds is 10. The molecule has 0 amide bonds. The van der Waals surface area contributed by atoms with Gasteiger partial charge in [0, 0.05) is 45.1 Å². The van der Waals surface area contributed by atoms with Crippen molar-refractivity contribution >= 4 is 5.96 Å². The topological polar surface area (TPSA) is 58.5 Å². The number of guanidine groups is 1. The Balaban J connectivity index is 1.74. The van der Waals surface area contributed by atoms with Crippen LogP contribution in [0.1, 0.15) is 31.7 Å². The first kappa shape index (κ1) is 19.9. The third-order valence-electron chi connectivity index (χ3n) is 3.97. The predicted octanol–water partition coefficient (Wildman–Crippen LogP) is 3.62. The third-order valence-corrected chi connectivity index (χ3v) is 3.97. The molecule has 26 heavy (non-hydrogen) atoms. The molecule has 0 radical (unpaired) electrons. The van der Waals surface area contributed by atoms with Gasteiger partial charge in [0.25, 0.3) is 0 Å². The van der Waals surface area contributed by atoms with E-state index in [-0.39, 0.29) is 0 Å². The van der Waals surface area contributed by atoms with Crippen LogP contribution in [-0.4, -0.2) is 37.7 Å². The minimum atomic E-state index is 0.716. The Kier molecular flexibility index (Phi) is 9.22. The monoisotopic (exact) mass is 354 g/mol. The molecule has 2 rings (SSSR count). The van der Waals surface area contributed by atoms with Crippen LogP contribution in [0.5, 0.6) is 0 Å². The van der Waals surface area contributed by atoms with E-state index in [1.807, 2.05) is 24.4 Å². The first-order valence-corrected chi connectivity index (χ1v) is 9.36. The van der Waals surface area contributed by atoms with Crippen LogP contribution < -0.4 is 10.6 Å². The van der Waals surface area contributed by atoms with Crippen LogP contribution in [0.4, 0.5) is 0 Å². The maximum absolute atomic E-state index is 5.57. The van der Waals surface area contributed by atoms with Crippen LogP contribution in [0.2, 0.25) is 0 Å². The van der Waals surface area contributed by atoms with E-state index in [1.54, 1.807) is 7.05 Å². The fourth-order valence-corrected chi connectivity index (χ4v) is 2.51. The molecule has 5 nitrogen and oxygen atoms in total. The third kappa shape index (κ3) is 7.23. The van der Waals surface area contributed by atoms with Crippen LogP contribution in [0.15, 0.2) is 53.7 Å². The molecular formula is C21H30N4O. The second-order valence-corrected chi connectivity index (χ2v) is 6.09. The molecule has 140 valence electrons. The van der Waals surface area contributed by atoms with Crippen LogP contribution in [0, 0.1) is 0 Å². The Morgan fingerprint density at radius 3 is 2.73 bits per heavy atom. The Bertz CT molecular complexity index is 658. The van der Waals surface area contributed by atoms with Gasteiger partial charge in [-0.15, -0.1) is 0 Å². The van der Waals surface area contributed by atoms with Crippen LogP contribution >= 0.6 is 0 Å². The van der Waals surface area contributed by atoms with Crippen molar-refractivity contribution < 1.29 is 4.74 Å². The summed E-state index contributed by atoms with van der Waals surface area (Å²) in [6, 6.07) is 14.4. The molecule has 2 N–H and O–H groups in total. The highest BCUT2D eigenvalue weighted by Crippen LogP contribution is 2.17. The molecule has 0 atom stereocenters. The molecule has 0 bridgehead atoms. The largest absolute Gasteiger partial charge is 0.381 e. The highest BCUT2D eigenvalue weighted by atomic mass is 16.5. The van der Waals surface area contributed by atoms with Gasteiger partial charge in [0.15, 0.2) is 5.96 Å². The van der Waals surface area contributed by atoms with Gasteiger partial charge in [-0.25, -0.2) is 0 Å². The molecule has 0 saturated carbocycles. The zero-order valence-electron chi connectivity index (χ0n) is 15.9. The van der Waals surface area contributed by atoms with Crippen LogP contribution in [-0.2, 0) is 11.3 Å². The maximum Gasteiger partial charge on any atom is 0.191 e. The van der Waals surface area contributed by atoms with E-state index >= 15 is 0 Å². The van der Waals surface area contributed by atoms with Gasteiger partial charge >= 0.3 is 0 Å². The summed E-state index contributed by atoms with van der Waals surface area (Å²) in [5.74, 6) is 0.807. The van der Waals surface area contributed by atoms with Gasteiger partial charge in [0.2, 0.25) is 0 Å². The van der Waals surface area contributed by atoms with E-state index in [2.05, 4.69) is 51.8 Å². The molecule has 0 aliphatic carbocycles. The number of hydrogen-bond donors (Lipinski definition) is 2. The van der Waals surface area contributed by atoms with Crippen LogP contribution in [0.25, 0.3) is 11.3 Å². The molecule has 0 aliphatic rings. The number of benzene rings is 1. The summed E-state index contributed by atoms with van der Waals surface area (Å²) in [6.45, 7) is 5.38. The minimum absolute atomic E-state index is 0.716. The number of ether oxygens (including phenoxy) is 1. The fourth-order valence-electron chi connectivity index (χ4n) is 2.51. The van der Waals surface area contributed by atoms with E-state index in [0.717, 1.165) is 49.8 Å². The molecule has 0 fully saturated rings. The summed E-state index contributed by atoms with van der Waals surface area (Å²) < 4.78 is 5.57. The zero-order valence-corrected chi connectivity index (χ0v) is 15.9. The summed E-state index contributed by atoms with van der Waals surface area (Å²) in [6.07, 6.45) is 5.10. The molecule has 0 unspecified atom stereocenters. The van der Waals surface area contributed by atoms with E-state index in [4.69, 9.17) is 4.74 Å². The van der Waals surface area contributed by atoms with Gasteiger partial charge in [0.05, 0.1) is 5.69 Å². The first-order chi connectivity index (χ1) is 12.8. The molecule has 1 aromatic carbocycles. The van der Waals surface area contributed by atoms with Crippen molar-refractivity contribution in [3.8, 4) is 11.3 Å². The second-order valence-electron chi connectivity index (χ2n) is 6.09. The van der Waals surface area contributed by atoms with Crippen molar-refractivity contribution in [1.29, 1.82) is 0 Å². The summed E-state index contributed by atoms with van der Waals surface area (Å²) >= 11 is 0. The summed E-state index contributed by atoms with van der Waals surface area (Å²) in [4.78, 5) is 8.68. The Morgan fingerprint density at radius 2 is 1.96 bits per heavy atom. The smallest absolute Gasteiger partial charge is 0.191 e. The highest BCUT2D eigenvalue weighted by Gasteiger charge is 2.02. The van der Waals surface area contributed by atoms with Crippen molar-refractivity contribution in [2.24, 2.45) is 4.99 Å². The lowest BCUT2D eigenvalue weighted by molar-refractivity contribution is 0.129. The average Bonchev–Trinajstić information content (AvgIpc) is 2.70. The molecule has 0 aliphatic heterocycles. The van der Waals surface area contributed by atoms with Gasteiger partial charge in [0.1, 0.15) is 0 Å². The highest BCUT2D eigenvalue weighted by molar-refractivity contribution is 5.79. The van der Waals surface area contributed by atoms with Crippen molar-refractivity contribution in [2.45, 2.75) is 32.7 Å². The van der Waals surface area contributed by atoms with E-state index in [9.17, 15) is 0 Å². The lowest BCUT2D eigenvalue weighted by Gasteiger charge is -2.12. The minimum Gasteiger partial charge on any atom is -0.381 e. The number of nitrogens with one attached hydrogen (secondary N) is 2. The molecule has 2 aromatic rings. The fraction of sp³-hybridized carbons (Fsp3) is 0.429. The van der Waals surface area contributed by atoms with Gasteiger partial charge in [-0.05, 0) is 36.6 Å². The zero-order chi connectivity index (χ0) is 18.5. The Labute approximate surface area is 156 Å². The molecule has 1 aromatic heterocycles. The number of hydrogen-bond acceptors (Lipinski definition) is 3. The Hall–Kier alpha value is -2.40. The van der Waals surface area contributed by atoms with Crippen LogP contribution in [0.3, 0.4) is 0 Å². The molecule has 0 spiro atoms. The van der Waals surface area contributed by atoms with Gasteiger partial charge < -0.3 is 15.4 Å². The first-order valence-electron chi connectivity index (χ1n) is 9.36. The maximum atomic E-state index is 5.57. The molecular weight excluding hydrogens is 324 g/mol. The van der Waals surface area contributed by atoms with Crippen molar-refractivity contribution in [3.63, 3.8) is 0 Å². The number of pyridine rings is 1. The van der Waals surface area contributed by atoms with Crippen molar-refractivity contribution in [1.82, 2.24) is 15.6 Å². The molecule has 5 heteroatoms. The normalized spacial score (nSPS) is 11.4. The number of unbranched alkanes of at least 4 members (excludes halogenated alkanes) is 1. The number of aromatic nitrogens is 1. The van der Waals surface area contributed by atoms with E-state index in [0.29, 0.717) is 6.54 Å². The van der Waals surface area contributed by atoms with E-state index in [1.165, 1.54) is 12.0 Å². The number of aliphatic imine (C=N–C) groups is 1. The van der Waals surface area contributed by atoms with E-state index < -0.39 is 0 Å². The molecule has 0 saturated heterocycles. The van der Waals surface area contributed by atoms with Crippen molar-refractivity contribution in [2.75, 3.05) is 26.8 Å². The second kappa shape index (κ2) is 12.0. The lowest BCUT2D eigenvalue weighted by Crippen LogP contribution is -2.37. The standard InChI is InChI=1S/C21H30N4O/c1-3-4-14-26-15-8-13-24-21(22-2)25-17-18-9-7-10-19(16-18)20-11-5-6-12-23-20/h5-7,9-12,16H,3-4,8,13-15,17H2,1-2H3,(H2,22,24,25). The van der Waals surface area contributed by atoms with Gasteiger partial charge in [-0.2, -0.15) is 0 Å². The van der Waals surface area contributed by atoms with Gasteiger partial charge in [-0.3, -0.25) is 9.98 Å². The summed E-state index contributed by atoms with van der Waals surface area (Å²) in [5.41, 5.74) is 3.30. The summed E-state index contributed by atoms with van der Waals surface area (Å²) in [7, 11) is 1.79. The van der Waals surface area contributed by atoms with Gasteiger partial charge in [-0.1, -0.05) is 37.6 Å². The summed E-state index contributed by atoms with van der Waals surface area (Å²) in [5, 5.41) is 6.68. The lowest BCUT2D eigenvalue weighted by atomic mass is 10.1. The SMILES string of the molecule is CCCCOCCCNC(=NC)NCc1cccc(-c2ccccn2)c1. The van der Waals surface area contributed by atoms with Crippen molar-refractivity contribution in [3.05, 3.63) is 54.2 Å². The number of nitrogens with zero attached hydrogens (tertiary/aromatic N) is 2. The average molecular weight is 354 g/mol. The Morgan fingerprint density at radius 1 is 1.08 bits per heavy atom.